The first-order valence-corrected chi connectivity index (χ1v) is 8.66. The lowest BCUT2D eigenvalue weighted by atomic mass is 10.1. The number of nitrogens with zero attached hydrogens (tertiary/aromatic N) is 2. The third kappa shape index (κ3) is 6.42. The fourth-order valence-corrected chi connectivity index (χ4v) is 3.09. The van der Waals surface area contributed by atoms with Gasteiger partial charge in [0.2, 0.25) is 0 Å². The van der Waals surface area contributed by atoms with Gasteiger partial charge in [-0.1, -0.05) is 0 Å². The van der Waals surface area contributed by atoms with E-state index >= 15 is 0 Å². The maximum Gasteiger partial charge on any atom is 0.416 e. The average Bonchev–Trinajstić information content (AvgIpc) is 2.85. The number of benzene rings is 1. The van der Waals surface area contributed by atoms with E-state index in [2.05, 4.69) is 0 Å². The summed E-state index contributed by atoms with van der Waals surface area (Å²) in [4.78, 5) is 26.6. The molecule has 9 heteroatoms. The maximum atomic E-state index is 12.5. The Bertz CT molecular complexity index is 649. The molecule has 1 fully saturated rings. The van der Waals surface area contributed by atoms with Crippen molar-refractivity contribution < 1.29 is 32.6 Å². The van der Waals surface area contributed by atoms with E-state index in [1.54, 1.807) is 16.8 Å². The minimum Gasteiger partial charge on any atom is -0.484 e. The molecule has 1 aromatic rings. The normalized spacial score (nSPS) is 18.3. The zero-order chi connectivity index (χ0) is 20.0. The standard InChI is InChI=1S/C18H23F3N2O4/c1-22(11-17(25)26)14-3-2-9-23(10-8-14)16(24)12-27-15-6-4-13(5-7-15)18(19,20)21/h4-7,14H,2-3,8-12H2,1H3,(H,25,26). The zero-order valence-electron chi connectivity index (χ0n) is 15.0. The predicted octanol–water partition coefficient (Wildman–Crippen LogP) is 2.48. The van der Waals surface area contributed by atoms with Crippen LogP contribution in [-0.4, -0.2) is 66.1 Å². The molecule has 1 aliphatic heterocycles. The van der Waals surface area contributed by atoms with E-state index in [1.807, 2.05) is 0 Å². The van der Waals surface area contributed by atoms with Crippen molar-refractivity contribution in [3.8, 4) is 5.75 Å². The SMILES string of the molecule is CN(CC(=O)O)C1CCCN(C(=O)COc2ccc(C(F)(F)F)cc2)CC1. The summed E-state index contributed by atoms with van der Waals surface area (Å²) < 4.78 is 42.9. The minimum atomic E-state index is -4.41. The Morgan fingerprint density at radius 1 is 1.22 bits per heavy atom. The first-order chi connectivity index (χ1) is 12.7. The number of hydrogen-bond donors (Lipinski definition) is 1. The van der Waals surface area contributed by atoms with Gasteiger partial charge in [0.1, 0.15) is 5.75 Å². The Morgan fingerprint density at radius 2 is 1.89 bits per heavy atom. The molecule has 0 radical (unpaired) electrons. The molecule has 1 unspecified atom stereocenters. The molecule has 1 N–H and O–H groups in total. The number of ether oxygens (including phenoxy) is 1. The number of hydrogen-bond acceptors (Lipinski definition) is 4. The van der Waals surface area contributed by atoms with Gasteiger partial charge in [-0.25, -0.2) is 0 Å². The van der Waals surface area contributed by atoms with Crippen LogP contribution >= 0.6 is 0 Å². The number of carbonyl (C=O) groups is 2. The van der Waals surface area contributed by atoms with Crippen LogP contribution < -0.4 is 4.74 Å². The molecule has 1 atom stereocenters. The van der Waals surface area contributed by atoms with E-state index in [1.165, 1.54) is 12.1 Å². The second kappa shape index (κ2) is 9.07. The first kappa shape index (κ1) is 21.0. The second-order valence-electron chi connectivity index (χ2n) is 6.59. The van der Waals surface area contributed by atoms with E-state index in [0.717, 1.165) is 25.0 Å². The van der Waals surface area contributed by atoms with Crippen LogP contribution in [0.3, 0.4) is 0 Å². The molecule has 2 rings (SSSR count). The lowest BCUT2D eigenvalue weighted by Crippen LogP contribution is -2.38. The van der Waals surface area contributed by atoms with Crippen LogP contribution in [0.4, 0.5) is 13.2 Å². The molecule has 0 aromatic heterocycles. The number of halogens is 3. The van der Waals surface area contributed by atoms with Crippen molar-refractivity contribution in [3.05, 3.63) is 29.8 Å². The highest BCUT2D eigenvalue weighted by Gasteiger charge is 2.30. The van der Waals surface area contributed by atoms with Crippen molar-refractivity contribution in [2.45, 2.75) is 31.5 Å². The summed E-state index contributed by atoms with van der Waals surface area (Å²) in [6.45, 7) is 0.743. The number of carboxylic acid groups (broad SMARTS) is 1. The molecule has 0 bridgehead atoms. The van der Waals surface area contributed by atoms with Gasteiger partial charge in [0.05, 0.1) is 12.1 Å². The largest absolute Gasteiger partial charge is 0.484 e. The van der Waals surface area contributed by atoms with Crippen molar-refractivity contribution in [3.63, 3.8) is 0 Å². The Morgan fingerprint density at radius 3 is 2.48 bits per heavy atom. The van der Waals surface area contributed by atoms with Crippen molar-refractivity contribution in [2.24, 2.45) is 0 Å². The van der Waals surface area contributed by atoms with Gasteiger partial charge >= 0.3 is 12.1 Å². The molecular formula is C18H23F3N2O4. The van der Waals surface area contributed by atoms with Gasteiger partial charge in [-0.15, -0.1) is 0 Å². The highest BCUT2D eigenvalue weighted by Crippen LogP contribution is 2.30. The summed E-state index contributed by atoms with van der Waals surface area (Å²) in [6.07, 6.45) is -2.20. The molecule has 0 saturated carbocycles. The fraction of sp³-hybridized carbons (Fsp3) is 0.556. The summed E-state index contributed by atoms with van der Waals surface area (Å²) >= 11 is 0. The van der Waals surface area contributed by atoms with Gasteiger partial charge in [0.15, 0.2) is 6.61 Å². The van der Waals surface area contributed by atoms with Crippen LogP contribution in [0.2, 0.25) is 0 Å². The molecule has 6 nitrogen and oxygen atoms in total. The van der Waals surface area contributed by atoms with Gasteiger partial charge in [0, 0.05) is 19.1 Å². The monoisotopic (exact) mass is 388 g/mol. The Balaban J connectivity index is 1.83. The predicted molar refractivity (Wildman–Crippen MR) is 91.4 cm³/mol. The number of amides is 1. The highest BCUT2D eigenvalue weighted by atomic mass is 19.4. The molecule has 1 saturated heterocycles. The Labute approximate surface area is 155 Å². The average molecular weight is 388 g/mol. The van der Waals surface area contributed by atoms with Gasteiger partial charge in [0.25, 0.3) is 5.91 Å². The number of likely N-dealkylation sites (N-methyl/N-ethyl adjacent to an activating group) is 1. The van der Waals surface area contributed by atoms with Crippen LogP contribution in [0.15, 0.2) is 24.3 Å². The fourth-order valence-electron chi connectivity index (χ4n) is 3.09. The van der Waals surface area contributed by atoms with Crippen molar-refractivity contribution in [2.75, 3.05) is 33.3 Å². The van der Waals surface area contributed by atoms with E-state index < -0.39 is 17.7 Å². The van der Waals surface area contributed by atoms with Gasteiger partial charge in [-0.2, -0.15) is 13.2 Å². The number of carboxylic acids is 1. The number of alkyl halides is 3. The van der Waals surface area contributed by atoms with Crippen molar-refractivity contribution in [1.82, 2.24) is 9.80 Å². The molecule has 27 heavy (non-hydrogen) atoms. The number of rotatable bonds is 6. The smallest absolute Gasteiger partial charge is 0.416 e. The van der Waals surface area contributed by atoms with Gasteiger partial charge < -0.3 is 14.7 Å². The van der Waals surface area contributed by atoms with Crippen molar-refractivity contribution in [1.29, 1.82) is 0 Å². The lowest BCUT2D eigenvalue weighted by molar-refractivity contribution is -0.139. The quantitative estimate of drug-likeness (QED) is 0.811. The van der Waals surface area contributed by atoms with E-state index in [4.69, 9.17) is 9.84 Å². The summed E-state index contributed by atoms with van der Waals surface area (Å²) in [5.74, 6) is -0.929. The van der Waals surface area contributed by atoms with Gasteiger partial charge in [-0.05, 0) is 50.6 Å². The summed E-state index contributed by atoms with van der Waals surface area (Å²) in [5.41, 5.74) is -0.773. The van der Waals surface area contributed by atoms with Crippen LogP contribution in [0.5, 0.6) is 5.75 Å². The van der Waals surface area contributed by atoms with E-state index in [9.17, 15) is 22.8 Å². The molecule has 1 aromatic carbocycles. The number of likely N-dealkylation sites (tertiary alicyclic amines) is 1. The first-order valence-electron chi connectivity index (χ1n) is 8.66. The van der Waals surface area contributed by atoms with E-state index in [-0.39, 0.29) is 30.9 Å². The molecule has 0 spiro atoms. The molecular weight excluding hydrogens is 365 g/mol. The third-order valence-corrected chi connectivity index (χ3v) is 4.60. The van der Waals surface area contributed by atoms with Crippen LogP contribution in [0.25, 0.3) is 0 Å². The number of aliphatic carboxylic acids is 1. The molecule has 1 heterocycles. The molecule has 150 valence electrons. The summed E-state index contributed by atoms with van der Waals surface area (Å²) in [5, 5.41) is 8.88. The Kier molecular flexibility index (Phi) is 7.06. The highest BCUT2D eigenvalue weighted by molar-refractivity contribution is 5.77. The third-order valence-electron chi connectivity index (χ3n) is 4.60. The summed E-state index contributed by atoms with van der Waals surface area (Å²) in [6, 6.07) is 4.29. The van der Waals surface area contributed by atoms with Crippen LogP contribution in [0.1, 0.15) is 24.8 Å². The van der Waals surface area contributed by atoms with Crippen LogP contribution in [0, 0.1) is 0 Å². The minimum absolute atomic E-state index is 0.0460. The maximum absolute atomic E-state index is 12.5. The molecule has 1 aliphatic rings. The zero-order valence-corrected chi connectivity index (χ0v) is 15.0. The van der Waals surface area contributed by atoms with Crippen LogP contribution in [-0.2, 0) is 15.8 Å². The Hall–Kier alpha value is -2.29. The molecule has 1 amide bonds. The van der Waals surface area contributed by atoms with Gasteiger partial charge in [-0.3, -0.25) is 14.5 Å². The summed E-state index contributed by atoms with van der Waals surface area (Å²) in [7, 11) is 1.75. The molecule has 0 aliphatic carbocycles. The topological polar surface area (TPSA) is 70.1 Å². The second-order valence-corrected chi connectivity index (χ2v) is 6.59. The lowest BCUT2D eigenvalue weighted by Gasteiger charge is -2.25. The van der Waals surface area contributed by atoms with Crippen molar-refractivity contribution >= 4 is 11.9 Å². The number of carbonyl (C=O) groups excluding carboxylic acids is 1. The van der Waals surface area contributed by atoms with E-state index in [0.29, 0.717) is 19.5 Å².